The number of hydrogen-bond acceptors (Lipinski definition) is 3. The van der Waals surface area contributed by atoms with Gasteiger partial charge in [0.05, 0.1) is 8.52 Å². The number of nitrogens with two attached hydrogens (primary N) is 1. The molecule has 11 heteroatoms. The maximum atomic E-state index is 11.3. The molecule has 0 aliphatic carbocycles. The van der Waals surface area contributed by atoms with Crippen LogP contribution in [0, 0.1) is 68.1 Å². The monoisotopic (exact) mass is 991 g/mol. The Kier molecular flexibility index (Phi) is 268. The van der Waals surface area contributed by atoms with Gasteiger partial charge in [-0.05, 0) is 35.8 Å². The van der Waals surface area contributed by atoms with Crippen LogP contribution in [0.1, 0.15) is 102 Å². The van der Waals surface area contributed by atoms with E-state index in [4.69, 9.17) is 14.5 Å². The molecule has 1 atom stereocenters. The Morgan fingerprint density at radius 3 is 1.28 bits per heavy atom. The zero-order valence-electron chi connectivity index (χ0n) is 18.7. The molecule has 0 rings (SSSR count). The molecule has 2 N–H and O–H groups in total. The van der Waals surface area contributed by atoms with Crippen LogP contribution in [0.15, 0.2) is 0 Å². The maximum Gasteiger partial charge on any atom is 0.323 e. The summed E-state index contributed by atoms with van der Waals surface area (Å²) in [5, 5.41) is 0. The Labute approximate surface area is 279 Å². The van der Waals surface area contributed by atoms with Crippen molar-refractivity contribution >= 4 is 58.3 Å². The summed E-state index contributed by atoms with van der Waals surface area (Å²) in [7, 11) is 6.50. The first-order valence-electron chi connectivity index (χ1n) is 7.59. The van der Waals surface area contributed by atoms with Crippen molar-refractivity contribution in [2.75, 3.05) is 19.9 Å². The molecule has 0 aromatic rings. The molecule has 0 aliphatic heterocycles. The predicted molar refractivity (Wildman–Crippen MR) is 159 cm³/mol. The zero-order chi connectivity index (χ0) is 21.4. The molecule has 0 aliphatic rings. The average molecular weight is 992 g/mol. The van der Waals surface area contributed by atoms with E-state index in [0.717, 1.165) is 0 Å². The summed E-state index contributed by atoms with van der Waals surface area (Å²) in [4.78, 5) is 11.3. The van der Waals surface area contributed by atoms with Crippen LogP contribution < -0.4 is 5.73 Å². The summed E-state index contributed by atoms with van der Waals surface area (Å²) >= 11 is 9.28. The standard InChI is InChI=1S/C10H21NO2.2CH3Cl.CH3F.8CH4.2BH.ClH.2U/c1-7(2)6-8(11)9(12)13-10(3,4)5;3*1-2;;;;;;;;;;;;;/h7-8H,6,11H2,1-5H3;3*1H3;8*1H4;3*1H;;/t8-;;;;;;;;;;;;;;;;/m0................/s1/i;;;1D;;;;;;;;;2*1T;;;. The zero-order valence-corrected chi connectivity index (χ0v) is 26.3. The SMILES string of the molecule is C.C.C.C.C.C.C.C.CC(C)C[C@H](N)C(=O)OC(C)(C)C.CCl.CCl.Cl.[2H]CF.[3H][B].[3H][B].[U].[U]. The molecule has 0 heterocycles. The third kappa shape index (κ3) is 134. The van der Waals surface area contributed by atoms with E-state index < -0.39 is 18.8 Å². The molecule has 0 fully saturated rings. The van der Waals surface area contributed by atoms with Crippen molar-refractivity contribution in [3.8, 4) is 0 Å². The van der Waals surface area contributed by atoms with E-state index in [1.807, 2.05) is 34.6 Å². The van der Waals surface area contributed by atoms with Crippen LogP contribution in [0.3, 0.4) is 0 Å². The summed E-state index contributed by atoms with van der Waals surface area (Å²) in [5.41, 5.74) is 5.21. The van der Waals surface area contributed by atoms with Crippen molar-refractivity contribution in [1.29, 1.82) is 2.67 Å². The first-order chi connectivity index (χ1) is 11.1. The van der Waals surface area contributed by atoms with Gasteiger partial charge < -0.3 is 10.5 Å². The summed E-state index contributed by atoms with van der Waals surface area (Å²) in [5.74, 6) is 0.115. The fraction of sp³-hybridized carbons (Fsp3) is 0.952. The molecule has 0 spiro atoms. The van der Waals surface area contributed by atoms with Gasteiger partial charge in [0.1, 0.15) is 11.6 Å². The number of carbonyl (C=O) groups excluding carboxylic acids is 1. The Balaban J connectivity index is -0.00000000875. The second-order valence-electron chi connectivity index (χ2n) is 4.77. The van der Waals surface area contributed by atoms with Crippen LogP contribution in [-0.2, 0) is 9.53 Å². The first-order valence-corrected chi connectivity index (χ1v) is 7.24. The van der Waals surface area contributed by atoms with Crippen molar-refractivity contribution in [2.45, 2.75) is 112 Å². The number of carbonyl (C=O) groups is 1. The Hall–Kier alpha value is 2.46. The van der Waals surface area contributed by atoms with Gasteiger partial charge in [0.2, 0.25) is 0 Å². The van der Waals surface area contributed by atoms with Crippen molar-refractivity contribution in [3.63, 3.8) is 0 Å². The molecule has 0 aromatic heterocycles. The summed E-state index contributed by atoms with van der Waals surface area (Å²) in [6.45, 7) is 9.58. The minimum Gasteiger partial charge on any atom is -0.459 e. The summed E-state index contributed by atoms with van der Waals surface area (Å²) in [6.07, 6.45) is 3.62. The van der Waals surface area contributed by atoms with Gasteiger partial charge in [-0.1, -0.05) is 73.3 Å². The maximum absolute atomic E-state index is 11.3. The number of hydrogen-bond donors (Lipinski definition) is 1. The van der Waals surface area contributed by atoms with Crippen LogP contribution in [0.2, 0.25) is 0 Å². The van der Waals surface area contributed by atoms with E-state index in [1.54, 1.807) is 0 Å². The number of alkyl halides is 3. The largest absolute Gasteiger partial charge is 0.459 e. The summed E-state index contributed by atoms with van der Waals surface area (Å²) in [6, 6.07) is -0.487. The van der Waals surface area contributed by atoms with Crippen molar-refractivity contribution in [1.82, 2.24) is 0 Å². The fourth-order valence-corrected chi connectivity index (χ4v) is 0.982. The average Bonchev–Trinajstić information content (AvgIpc) is 2.53. The minimum atomic E-state index is -1.00. The van der Waals surface area contributed by atoms with Gasteiger partial charge in [0.25, 0.3) is 0 Å². The topological polar surface area (TPSA) is 52.3 Å². The Morgan fingerprint density at radius 1 is 0.969 bits per heavy atom. The molecule has 32 heavy (non-hydrogen) atoms. The van der Waals surface area contributed by atoms with Crippen molar-refractivity contribution in [2.24, 2.45) is 11.7 Å². The number of halogens is 4. The summed E-state index contributed by atoms with van der Waals surface area (Å²) < 4.78 is 31.1. The van der Waals surface area contributed by atoms with Gasteiger partial charge in [0.15, 0.2) is 0 Å². The molecule has 0 unspecified atom stereocenters. The normalized spacial score (nSPS) is 7.19. The molecule has 0 saturated heterocycles. The van der Waals surface area contributed by atoms with Gasteiger partial charge in [-0.15, -0.1) is 35.6 Å². The first kappa shape index (κ1) is 92.2. The van der Waals surface area contributed by atoms with Crippen LogP contribution in [0.4, 0.5) is 4.39 Å². The second-order valence-corrected chi connectivity index (χ2v) is 4.77. The molecule has 3 nitrogen and oxygen atoms in total. The van der Waals surface area contributed by atoms with E-state index in [-0.39, 0.29) is 140 Å². The van der Waals surface area contributed by atoms with Gasteiger partial charge in [0, 0.05) is 91.7 Å². The Morgan fingerprint density at radius 2 is 1.16 bits per heavy atom. The fourth-order valence-electron chi connectivity index (χ4n) is 0.982. The van der Waals surface area contributed by atoms with Gasteiger partial charge in [-0.3, -0.25) is 9.18 Å². The third-order valence-corrected chi connectivity index (χ3v) is 1.43. The van der Waals surface area contributed by atoms with E-state index >= 15 is 0 Å². The third-order valence-electron chi connectivity index (χ3n) is 1.43. The number of esters is 1. The second kappa shape index (κ2) is 93.1. The van der Waals surface area contributed by atoms with Crippen molar-refractivity contribution in [3.05, 3.63) is 0 Å². The number of rotatable bonds is 3. The van der Waals surface area contributed by atoms with Gasteiger partial charge >= 0.3 is 5.97 Å². The molecule has 0 amide bonds. The van der Waals surface area contributed by atoms with E-state index in [2.05, 4.69) is 40.0 Å². The van der Waals surface area contributed by atoms with E-state index in [1.165, 1.54) is 12.8 Å². The van der Waals surface area contributed by atoms with Gasteiger partial charge in [-0.25, -0.2) is 0 Å². The minimum absolute atomic E-state index is 0. The molecular weight excluding hydrogens is 921 g/mol. The van der Waals surface area contributed by atoms with Crippen LogP contribution >= 0.6 is 35.6 Å². The quantitative estimate of drug-likeness (QED) is 0.177. The molecular formula is C21H65B2Cl3FNO2U2. The Bertz CT molecular complexity index is 241. The molecule has 208 valence electrons. The smallest absolute Gasteiger partial charge is 0.323 e. The van der Waals surface area contributed by atoms with Crippen LogP contribution in [-0.4, -0.2) is 57.0 Å². The molecule has 0 aromatic carbocycles. The molecule has 4 radical (unpaired) electrons. The van der Waals surface area contributed by atoms with E-state index in [9.17, 15) is 9.18 Å². The van der Waals surface area contributed by atoms with E-state index in [0.29, 0.717) is 12.3 Å². The molecule has 0 saturated carbocycles. The predicted octanol–water partition coefficient (Wildman–Crippen LogP) is 8.21. The van der Waals surface area contributed by atoms with Crippen molar-refractivity contribution < 1.29 is 77.5 Å². The van der Waals surface area contributed by atoms with Gasteiger partial charge in [-0.2, -0.15) is 0 Å². The van der Waals surface area contributed by atoms with Crippen LogP contribution in [0.25, 0.3) is 0 Å². The number of ether oxygens (including phenoxy) is 1. The molecule has 0 bridgehead atoms. The van der Waals surface area contributed by atoms with Crippen LogP contribution in [0.5, 0.6) is 0 Å².